The van der Waals surface area contributed by atoms with Gasteiger partial charge in [-0.25, -0.2) is 0 Å². The van der Waals surface area contributed by atoms with Crippen LogP contribution in [-0.2, 0) is 5.41 Å². The number of aromatic nitrogens is 2. The molecule has 4 heteroatoms. The molecule has 116 valence electrons. The summed E-state index contributed by atoms with van der Waals surface area (Å²) in [6, 6.07) is -0.111. The second-order valence-electron chi connectivity index (χ2n) is 8.39. The zero-order valence-corrected chi connectivity index (χ0v) is 13.2. The SMILES string of the molecule is CC(C)CC(N)c1nc(C23CC4CC(CC(C4)C2)C3)no1. The third-order valence-corrected chi connectivity index (χ3v) is 6.00. The van der Waals surface area contributed by atoms with Gasteiger partial charge >= 0.3 is 0 Å². The lowest BCUT2D eigenvalue weighted by Crippen LogP contribution is -2.49. The smallest absolute Gasteiger partial charge is 0.243 e. The van der Waals surface area contributed by atoms with Crippen LogP contribution in [0.25, 0.3) is 0 Å². The summed E-state index contributed by atoms with van der Waals surface area (Å²) < 4.78 is 5.53. The van der Waals surface area contributed by atoms with Crippen molar-refractivity contribution >= 4 is 0 Å². The molecule has 4 bridgehead atoms. The van der Waals surface area contributed by atoms with Crippen LogP contribution in [-0.4, -0.2) is 10.1 Å². The Bertz CT molecular complexity index is 487. The molecule has 21 heavy (non-hydrogen) atoms. The Balaban J connectivity index is 1.58. The highest BCUT2D eigenvalue weighted by Gasteiger charge is 2.53. The Labute approximate surface area is 126 Å². The second-order valence-corrected chi connectivity index (χ2v) is 8.39. The number of nitrogens with two attached hydrogens (primary N) is 1. The summed E-state index contributed by atoms with van der Waals surface area (Å²) in [7, 11) is 0. The minimum Gasteiger partial charge on any atom is -0.338 e. The third-order valence-electron chi connectivity index (χ3n) is 6.00. The molecule has 5 rings (SSSR count). The van der Waals surface area contributed by atoms with E-state index in [1.54, 1.807) is 0 Å². The summed E-state index contributed by atoms with van der Waals surface area (Å²) in [4.78, 5) is 4.75. The molecule has 4 aliphatic carbocycles. The maximum atomic E-state index is 6.20. The first-order valence-electron chi connectivity index (χ1n) is 8.64. The van der Waals surface area contributed by atoms with Crippen LogP contribution >= 0.6 is 0 Å². The van der Waals surface area contributed by atoms with E-state index in [1.165, 1.54) is 38.5 Å². The van der Waals surface area contributed by atoms with Crippen molar-refractivity contribution in [3.63, 3.8) is 0 Å². The van der Waals surface area contributed by atoms with E-state index >= 15 is 0 Å². The highest BCUT2D eigenvalue weighted by molar-refractivity contribution is 5.16. The normalized spacial score (nSPS) is 39.1. The fraction of sp³-hybridized carbons (Fsp3) is 0.882. The monoisotopic (exact) mass is 289 g/mol. The van der Waals surface area contributed by atoms with Crippen molar-refractivity contribution in [1.82, 2.24) is 10.1 Å². The van der Waals surface area contributed by atoms with Crippen molar-refractivity contribution in [3.8, 4) is 0 Å². The van der Waals surface area contributed by atoms with Crippen molar-refractivity contribution in [2.24, 2.45) is 29.4 Å². The lowest BCUT2D eigenvalue weighted by Gasteiger charge is -2.55. The van der Waals surface area contributed by atoms with Crippen LogP contribution in [0.15, 0.2) is 4.52 Å². The largest absolute Gasteiger partial charge is 0.338 e. The molecule has 4 aliphatic rings. The maximum absolute atomic E-state index is 6.20. The summed E-state index contributed by atoms with van der Waals surface area (Å²) >= 11 is 0. The van der Waals surface area contributed by atoms with Gasteiger partial charge in [-0.1, -0.05) is 19.0 Å². The molecule has 1 aromatic rings. The summed E-state index contributed by atoms with van der Waals surface area (Å²) in [5, 5.41) is 4.37. The highest BCUT2D eigenvalue weighted by Crippen LogP contribution is 2.60. The van der Waals surface area contributed by atoms with E-state index < -0.39 is 0 Å². The van der Waals surface area contributed by atoms with Crippen molar-refractivity contribution in [2.45, 2.75) is 70.3 Å². The van der Waals surface area contributed by atoms with Gasteiger partial charge in [0.25, 0.3) is 0 Å². The second kappa shape index (κ2) is 4.80. The quantitative estimate of drug-likeness (QED) is 0.920. The van der Waals surface area contributed by atoms with Gasteiger partial charge in [-0.15, -0.1) is 0 Å². The van der Waals surface area contributed by atoms with Crippen LogP contribution in [0.3, 0.4) is 0 Å². The van der Waals surface area contributed by atoms with Crippen LogP contribution in [0, 0.1) is 23.7 Å². The third kappa shape index (κ3) is 2.32. The van der Waals surface area contributed by atoms with Crippen LogP contribution in [0.2, 0.25) is 0 Å². The van der Waals surface area contributed by atoms with Gasteiger partial charge in [0.1, 0.15) is 0 Å². The molecule has 0 amide bonds. The molecule has 0 spiro atoms. The average molecular weight is 289 g/mol. The molecular formula is C17H27N3O. The Morgan fingerprint density at radius 3 is 2.24 bits per heavy atom. The molecule has 2 N–H and O–H groups in total. The van der Waals surface area contributed by atoms with Gasteiger partial charge in [-0.2, -0.15) is 4.98 Å². The van der Waals surface area contributed by atoms with E-state index in [2.05, 4.69) is 19.0 Å². The fourth-order valence-corrected chi connectivity index (χ4v) is 5.59. The van der Waals surface area contributed by atoms with Gasteiger partial charge < -0.3 is 10.3 Å². The molecule has 0 aliphatic heterocycles. The summed E-state index contributed by atoms with van der Waals surface area (Å²) in [5.74, 6) is 4.88. The standard InChI is InChI=1S/C17H27N3O/c1-10(2)3-14(18)15-19-16(20-21-15)17-7-11-4-12(8-17)6-13(5-11)9-17/h10-14H,3-9,18H2,1-2H3. The molecule has 1 aromatic heterocycles. The first kappa shape index (κ1) is 13.7. The van der Waals surface area contributed by atoms with Crippen LogP contribution in [0.4, 0.5) is 0 Å². The van der Waals surface area contributed by atoms with Crippen molar-refractivity contribution in [2.75, 3.05) is 0 Å². The van der Waals surface area contributed by atoms with Crippen molar-refractivity contribution < 1.29 is 4.52 Å². The molecule has 0 radical (unpaired) electrons. The molecule has 4 fully saturated rings. The molecule has 0 aromatic carbocycles. The fourth-order valence-electron chi connectivity index (χ4n) is 5.59. The van der Waals surface area contributed by atoms with Gasteiger partial charge in [0.05, 0.1) is 6.04 Å². The molecule has 1 atom stereocenters. The number of hydrogen-bond acceptors (Lipinski definition) is 4. The van der Waals surface area contributed by atoms with Crippen LogP contribution in [0.1, 0.15) is 76.6 Å². The van der Waals surface area contributed by atoms with E-state index in [4.69, 9.17) is 15.2 Å². The molecule has 4 nitrogen and oxygen atoms in total. The predicted molar refractivity (Wildman–Crippen MR) is 80.5 cm³/mol. The Morgan fingerprint density at radius 2 is 1.71 bits per heavy atom. The number of hydrogen-bond donors (Lipinski definition) is 1. The van der Waals surface area contributed by atoms with E-state index in [0.29, 0.717) is 11.8 Å². The van der Waals surface area contributed by atoms with Gasteiger partial charge in [-0.3, -0.25) is 0 Å². The molecule has 1 unspecified atom stereocenters. The van der Waals surface area contributed by atoms with Gasteiger partial charge in [0, 0.05) is 5.41 Å². The molecule has 0 saturated heterocycles. The highest BCUT2D eigenvalue weighted by atomic mass is 16.5. The van der Waals surface area contributed by atoms with E-state index in [9.17, 15) is 0 Å². The summed E-state index contributed by atoms with van der Waals surface area (Å²) in [5.41, 5.74) is 6.42. The lowest BCUT2D eigenvalue weighted by atomic mass is 9.49. The molecular weight excluding hydrogens is 262 g/mol. The van der Waals surface area contributed by atoms with Crippen LogP contribution in [0.5, 0.6) is 0 Å². The number of nitrogens with zero attached hydrogens (tertiary/aromatic N) is 2. The van der Waals surface area contributed by atoms with E-state index in [0.717, 1.165) is 30.0 Å². The zero-order chi connectivity index (χ0) is 14.6. The maximum Gasteiger partial charge on any atom is 0.243 e. The molecule has 4 saturated carbocycles. The number of rotatable bonds is 4. The van der Waals surface area contributed by atoms with Gasteiger partial charge in [-0.05, 0) is 68.6 Å². The van der Waals surface area contributed by atoms with Crippen molar-refractivity contribution in [1.29, 1.82) is 0 Å². The Kier molecular flexibility index (Phi) is 3.14. The average Bonchev–Trinajstić information content (AvgIpc) is 2.86. The Hall–Kier alpha value is -0.900. The Morgan fingerprint density at radius 1 is 1.14 bits per heavy atom. The summed E-state index contributed by atoms with van der Waals surface area (Å²) in [6.07, 6.45) is 9.05. The first-order valence-corrected chi connectivity index (χ1v) is 8.64. The predicted octanol–water partition coefficient (Wildman–Crippen LogP) is 3.58. The van der Waals surface area contributed by atoms with Gasteiger partial charge in [0.2, 0.25) is 5.89 Å². The van der Waals surface area contributed by atoms with E-state index in [1.807, 2.05) is 0 Å². The topological polar surface area (TPSA) is 64.9 Å². The van der Waals surface area contributed by atoms with E-state index in [-0.39, 0.29) is 11.5 Å². The molecule has 1 heterocycles. The lowest BCUT2D eigenvalue weighted by molar-refractivity contribution is -0.0103. The first-order chi connectivity index (χ1) is 10.0. The zero-order valence-electron chi connectivity index (χ0n) is 13.2. The minimum atomic E-state index is -0.111. The summed E-state index contributed by atoms with van der Waals surface area (Å²) in [6.45, 7) is 4.35. The van der Waals surface area contributed by atoms with Gasteiger partial charge in [0.15, 0.2) is 5.82 Å². The van der Waals surface area contributed by atoms with Crippen molar-refractivity contribution in [3.05, 3.63) is 11.7 Å². The van der Waals surface area contributed by atoms with Crippen LogP contribution < -0.4 is 5.73 Å². The minimum absolute atomic E-state index is 0.111.